The Balaban J connectivity index is 2.56. The first kappa shape index (κ1) is 36.4. The fourth-order valence-electron chi connectivity index (χ4n) is 5.15. The summed E-state index contributed by atoms with van der Waals surface area (Å²) in [4.78, 5) is 27.2. The van der Waals surface area contributed by atoms with Gasteiger partial charge in [0.2, 0.25) is 0 Å². The molecule has 0 saturated heterocycles. The van der Waals surface area contributed by atoms with Crippen molar-refractivity contribution in [3.8, 4) is 11.5 Å². The molecule has 0 saturated carbocycles. The zero-order valence-corrected chi connectivity index (χ0v) is 29.3. The number of carbonyl (C=O) groups excluding carboxylic acids is 2. The Hall–Kier alpha value is -2.82. The predicted octanol–water partition coefficient (Wildman–Crippen LogP) is 10.3. The van der Waals surface area contributed by atoms with Crippen molar-refractivity contribution >= 4 is 11.9 Å². The molecule has 43 heavy (non-hydrogen) atoms. The lowest BCUT2D eigenvalue weighted by Gasteiger charge is -2.30. The number of hydrogen-bond acceptors (Lipinski definition) is 5. The molecule has 5 heteroatoms. The second-order valence-electron chi connectivity index (χ2n) is 16.1. The molecule has 0 aliphatic heterocycles. The molecule has 2 aromatic carbocycles. The van der Waals surface area contributed by atoms with Crippen molar-refractivity contribution in [2.75, 3.05) is 6.61 Å². The molecular weight excluding hydrogens is 536 g/mol. The van der Waals surface area contributed by atoms with E-state index in [4.69, 9.17) is 9.47 Å². The molecule has 0 aliphatic carbocycles. The standard InChI is InChI=1S/C38H58O5/c1-14-15-16-17-18-19-20-42-33(40)25-23-29(37(8,9)10)32(30(24-25)38(11,12)13)43-34(41)26-21-27(35(2,3)4)31(39)28(22-26)36(5,6)7/h21-24,39H,14-20H2,1-13H3. The molecule has 1 N–H and O–H groups in total. The van der Waals surface area contributed by atoms with Crippen LogP contribution in [0.3, 0.4) is 0 Å². The summed E-state index contributed by atoms with van der Waals surface area (Å²) in [5, 5.41) is 11.2. The maximum atomic E-state index is 13.9. The number of unbranched alkanes of at least 4 members (excludes halogenated alkanes) is 5. The summed E-state index contributed by atoms with van der Waals surface area (Å²) in [6, 6.07) is 7.13. The Morgan fingerprint density at radius 2 is 0.953 bits per heavy atom. The van der Waals surface area contributed by atoms with Gasteiger partial charge in [-0.3, -0.25) is 0 Å². The lowest BCUT2D eigenvalue weighted by molar-refractivity contribution is 0.0497. The summed E-state index contributed by atoms with van der Waals surface area (Å²) in [5.41, 5.74) is 2.17. The summed E-state index contributed by atoms with van der Waals surface area (Å²) in [6.07, 6.45) is 6.72. The molecule has 0 fully saturated rings. The number of aromatic hydroxyl groups is 1. The van der Waals surface area contributed by atoms with Crippen LogP contribution in [0, 0.1) is 0 Å². The van der Waals surface area contributed by atoms with Crippen LogP contribution in [0.5, 0.6) is 11.5 Å². The first-order chi connectivity index (χ1) is 19.6. The molecule has 0 amide bonds. The topological polar surface area (TPSA) is 72.8 Å². The maximum absolute atomic E-state index is 13.9. The van der Waals surface area contributed by atoms with E-state index >= 15 is 0 Å². The highest BCUT2D eigenvalue weighted by atomic mass is 16.5. The highest BCUT2D eigenvalue weighted by Crippen LogP contribution is 2.43. The molecule has 240 valence electrons. The summed E-state index contributed by atoms with van der Waals surface area (Å²) in [5.74, 6) is -0.165. The van der Waals surface area contributed by atoms with E-state index in [0.29, 0.717) is 34.6 Å². The number of rotatable bonds is 10. The fraction of sp³-hybridized carbons (Fsp3) is 0.632. The van der Waals surface area contributed by atoms with Gasteiger partial charge >= 0.3 is 11.9 Å². The largest absolute Gasteiger partial charge is 0.507 e. The van der Waals surface area contributed by atoms with Crippen molar-refractivity contribution in [2.24, 2.45) is 0 Å². The van der Waals surface area contributed by atoms with Crippen LogP contribution in [0.25, 0.3) is 0 Å². The average Bonchev–Trinajstić information content (AvgIpc) is 2.85. The van der Waals surface area contributed by atoms with Gasteiger partial charge < -0.3 is 14.6 Å². The maximum Gasteiger partial charge on any atom is 0.343 e. The van der Waals surface area contributed by atoms with E-state index in [1.807, 2.05) is 95.2 Å². The van der Waals surface area contributed by atoms with Crippen LogP contribution in [0.1, 0.15) is 172 Å². The minimum absolute atomic E-state index is 0.214. The lowest BCUT2D eigenvalue weighted by Crippen LogP contribution is -2.24. The normalized spacial score (nSPS) is 12.8. The van der Waals surface area contributed by atoms with Crippen molar-refractivity contribution in [1.29, 1.82) is 0 Å². The van der Waals surface area contributed by atoms with Crippen LogP contribution >= 0.6 is 0 Å². The number of phenols is 1. The summed E-state index contributed by atoms with van der Waals surface area (Å²) < 4.78 is 12.0. The Morgan fingerprint density at radius 1 is 0.581 bits per heavy atom. The molecule has 0 radical (unpaired) electrons. The number of carbonyl (C=O) groups is 2. The van der Waals surface area contributed by atoms with Crippen molar-refractivity contribution < 1.29 is 24.2 Å². The van der Waals surface area contributed by atoms with Crippen LogP contribution < -0.4 is 4.74 Å². The van der Waals surface area contributed by atoms with E-state index in [1.165, 1.54) is 19.3 Å². The summed E-state index contributed by atoms with van der Waals surface area (Å²) >= 11 is 0. The second-order valence-corrected chi connectivity index (χ2v) is 16.1. The molecular formula is C38H58O5. The molecule has 0 heterocycles. The van der Waals surface area contributed by atoms with Crippen LogP contribution in [0.4, 0.5) is 0 Å². The quantitative estimate of drug-likeness (QED) is 0.168. The number of ether oxygens (including phenoxy) is 2. The third kappa shape index (κ3) is 9.84. The first-order valence-corrected chi connectivity index (χ1v) is 16.0. The van der Waals surface area contributed by atoms with Gasteiger partial charge in [-0.2, -0.15) is 0 Å². The number of phenolic OH excluding ortho intramolecular Hbond substituents is 1. The molecule has 2 aromatic rings. The fourth-order valence-corrected chi connectivity index (χ4v) is 5.15. The van der Waals surface area contributed by atoms with E-state index in [1.54, 1.807) is 12.1 Å². The molecule has 0 atom stereocenters. The van der Waals surface area contributed by atoms with Gasteiger partial charge in [0, 0.05) is 22.3 Å². The van der Waals surface area contributed by atoms with Gasteiger partial charge in [-0.25, -0.2) is 9.59 Å². The Labute approximate surface area is 261 Å². The molecule has 0 unspecified atom stereocenters. The minimum Gasteiger partial charge on any atom is -0.507 e. The Bertz CT molecular complexity index is 1200. The molecule has 0 aromatic heterocycles. The van der Waals surface area contributed by atoms with Crippen LogP contribution in [0.15, 0.2) is 24.3 Å². The van der Waals surface area contributed by atoms with Crippen LogP contribution in [0.2, 0.25) is 0 Å². The molecule has 2 rings (SSSR count). The molecule has 5 nitrogen and oxygen atoms in total. The smallest absolute Gasteiger partial charge is 0.343 e. The van der Waals surface area contributed by atoms with Gasteiger partial charge in [-0.1, -0.05) is 122 Å². The van der Waals surface area contributed by atoms with E-state index in [2.05, 4.69) is 6.92 Å². The number of benzene rings is 2. The highest BCUT2D eigenvalue weighted by molar-refractivity contribution is 5.94. The Kier molecular flexibility index (Phi) is 11.7. The van der Waals surface area contributed by atoms with E-state index in [-0.39, 0.29) is 22.5 Å². The Morgan fingerprint density at radius 3 is 1.37 bits per heavy atom. The van der Waals surface area contributed by atoms with Crippen molar-refractivity contribution in [2.45, 2.75) is 150 Å². The first-order valence-electron chi connectivity index (χ1n) is 16.0. The van der Waals surface area contributed by atoms with Crippen molar-refractivity contribution in [1.82, 2.24) is 0 Å². The summed E-state index contributed by atoms with van der Waals surface area (Å²) in [6.45, 7) is 27.0. The van der Waals surface area contributed by atoms with Crippen molar-refractivity contribution in [3.63, 3.8) is 0 Å². The molecule has 0 aliphatic rings. The third-order valence-electron chi connectivity index (χ3n) is 7.83. The van der Waals surface area contributed by atoms with Crippen molar-refractivity contribution in [3.05, 3.63) is 57.6 Å². The predicted molar refractivity (Wildman–Crippen MR) is 178 cm³/mol. The van der Waals surface area contributed by atoms with Gasteiger partial charge in [-0.15, -0.1) is 0 Å². The van der Waals surface area contributed by atoms with Crippen LogP contribution in [-0.2, 0) is 26.4 Å². The van der Waals surface area contributed by atoms with Gasteiger partial charge in [0.15, 0.2) is 0 Å². The number of esters is 2. The van der Waals surface area contributed by atoms with E-state index in [0.717, 1.165) is 30.4 Å². The van der Waals surface area contributed by atoms with Gasteiger partial charge in [0.1, 0.15) is 11.5 Å². The SMILES string of the molecule is CCCCCCCCOC(=O)c1cc(C(C)(C)C)c(OC(=O)c2cc(C(C)(C)C)c(O)c(C(C)(C)C)c2)c(C(C)(C)C)c1. The third-order valence-corrected chi connectivity index (χ3v) is 7.83. The second kappa shape index (κ2) is 13.9. The minimum atomic E-state index is -0.495. The monoisotopic (exact) mass is 594 g/mol. The van der Waals surface area contributed by atoms with Gasteiger partial charge in [0.05, 0.1) is 17.7 Å². The molecule has 0 bridgehead atoms. The van der Waals surface area contributed by atoms with Gasteiger partial charge in [0.25, 0.3) is 0 Å². The number of hydrogen-bond donors (Lipinski definition) is 1. The highest BCUT2D eigenvalue weighted by Gasteiger charge is 2.33. The zero-order chi connectivity index (χ0) is 33.0. The van der Waals surface area contributed by atoms with E-state index < -0.39 is 16.8 Å². The molecule has 0 spiro atoms. The lowest BCUT2D eigenvalue weighted by atomic mass is 9.78. The summed E-state index contributed by atoms with van der Waals surface area (Å²) in [7, 11) is 0. The van der Waals surface area contributed by atoms with Gasteiger partial charge in [-0.05, 0) is 52.3 Å². The van der Waals surface area contributed by atoms with E-state index in [9.17, 15) is 14.7 Å². The average molecular weight is 595 g/mol. The van der Waals surface area contributed by atoms with Crippen LogP contribution in [-0.4, -0.2) is 23.7 Å². The zero-order valence-electron chi connectivity index (χ0n) is 29.3.